The van der Waals surface area contributed by atoms with E-state index in [0.717, 1.165) is 30.8 Å². The summed E-state index contributed by atoms with van der Waals surface area (Å²) in [7, 11) is 0. The van der Waals surface area contributed by atoms with Gasteiger partial charge in [0.15, 0.2) is 0 Å². The molecule has 5 rings (SSSR count). The fourth-order valence-corrected chi connectivity index (χ4v) is 5.08. The highest BCUT2D eigenvalue weighted by molar-refractivity contribution is 6.05. The minimum absolute atomic E-state index is 0.104. The molecular weight excluding hydrogens is 356 g/mol. The summed E-state index contributed by atoms with van der Waals surface area (Å²) in [6.07, 6.45) is 4.34. The lowest BCUT2D eigenvalue weighted by atomic mass is 9.95. The third-order valence-corrected chi connectivity index (χ3v) is 6.94. The summed E-state index contributed by atoms with van der Waals surface area (Å²) in [6, 6.07) is 5.30. The molecular formula is C21H26N4O3. The van der Waals surface area contributed by atoms with Crippen molar-refractivity contribution in [2.24, 2.45) is 5.92 Å². The summed E-state index contributed by atoms with van der Waals surface area (Å²) in [4.78, 5) is 38.2. The van der Waals surface area contributed by atoms with Crippen LogP contribution < -0.4 is 16.0 Å². The van der Waals surface area contributed by atoms with Crippen LogP contribution in [0, 0.1) is 5.92 Å². The maximum Gasteiger partial charge on any atom is 0.255 e. The van der Waals surface area contributed by atoms with Crippen LogP contribution in [0.5, 0.6) is 0 Å². The standard InChI is InChI=1S/C21H26N4O3/c26-18-5-4-17(19(27)24-18)25-12-16-13(2-1-3-15(16)20(25)28)10-23-21(7-8-21)14-6-9-22-11-14/h1-3,14,17,22-23H,4-12H2,(H,24,26,27). The highest BCUT2D eigenvalue weighted by atomic mass is 16.2. The van der Waals surface area contributed by atoms with Crippen molar-refractivity contribution in [3.63, 3.8) is 0 Å². The molecule has 1 aromatic rings. The lowest BCUT2D eigenvalue weighted by Crippen LogP contribution is -2.52. The number of fused-ring (bicyclic) bond motifs is 1. The van der Waals surface area contributed by atoms with Crippen molar-refractivity contribution >= 4 is 17.7 Å². The van der Waals surface area contributed by atoms with Gasteiger partial charge in [-0.3, -0.25) is 19.7 Å². The van der Waals surface area contributed by atoms with Crippen LogP contribution in [-0.2, 0) is 22.7 Å². The third kappa shape index (κ3) is 2.93. The summed E-state index contributed by atoms with van der Waals surface area (Å²) >= 11 is 0. The number of benzene rings is 1. The van der Waals surface area contributed by atoms with Gasteiger partial charge in [0.1, 0.15) is 6.04 Å². The highest BCUT2D eigenvalue weighted by Crippen LogP contribution is 2.45. The number of hydrogen-bond donors (Lipinski definition) is 3. The summed E-state index contributed by atoms with van der Waals surface area (Å²) in [6.45, 7) is 3.37. The smallest absolute Gasteiger partial charge is 0.255 e. The van der Waals surface area contributed by atoms with Gasteiger partial charge in [0.05, 0.1) is 0 Å². The van der Waals surface area contributed by atoms with E-state index in [1.807, 2.05) is 12.1 Å². The van der Waals surface area contributed by atoms with Crippen molar-refractivity contribution in [2.45, 2.75) is 56.8 Å². The predicted molar refractivity (Wildman–Crippen MR) is 102 cm³/mol. The number of rotatable bonds is 5. The number of hydrogen-bond acceptors (Lipinski definition) is 5. The number of imide groups is 1. The first-order valence-electron chi connectivity index (χ1n) is 10.3. The Morgan fingerprint density at radius 1 is 1.18 bits per heavy atom. The molecule has 3 aliphatic heterocycles. The first-order chi connectivity index (χ1) is 13.6. The molecule has 0 radical (unpaired) electrons. The number of carbonyl (C=O) groups is 3. The van der Waals surface area contributed by atoms with Gasteiger partial charge in [-0.2, -0.15) is 0 Å². The van der Waals surface area contributed by atoms with Crippen molar-refractivity contribution in [3.05, 3.63) is 34.9 Å². The molecule has 1 aromatic carbocycles. The van der Waals surface area contributed by atoms with E-state index in [9.17, 15) is 14.4 Å². The van der Waals surface area contributed by atoms with Gasteiger partial charge in [0.25, 0.3) is 5.91 Å². The topological polar surface area (TPSA) is 90.5 Å². The maximum atomic E-state index is 12.9. The van der Waals surface area contributed by atoms with Crippen molar-refractivity contribution in [3.8, 4) is 0 Å². The van der Waals surface area contributed by atoms with Gasteiger partial charge >= 0.3 is 0 Å². The van der Waals surface area contributed by atoms with E-state index < -0.39 is 6.04 Å². The van der Waals surface area contributed by atoms with Gasteiger partial charge in [-0.05, 0) is 61.9 Å². The molecule has 3 N–H and O–H groups in total. The van der Waals surface area contributed by atoms with E-state index in [1.165, 1.54) is 19.3 Å². The van der Waals surface area contributed by atoms with E-state index in [0.29, 0.717) is 24.4 Å². The molecule has 4 aliphatic rings. The van der Waals surface area contributed by atoms with Crippen molar-refractivity contribution in [1.29, 1.82) is 0 Å². The SMILES string of the molecule is O=C1CCC(N2Cc3c(CNC4(C5CCNC5)CC4)cccc3C2=O)C(=O)N1. The van der Waals surface area contributed by atoms with Gasteiger partial charge in [-0.15, -0.1) is 0 Å². The Morgan fingerprint density at radius 3 is 2.75 bits per heavy atom. The Morgan fingerprint density at radius 2 is 2.04 bits per heavy atom. The average molecular weight is 382 g/mol. The van der Waals surface area contributed by atoms with Crippen molar-refractivity contribution in [2.75, 3.05) is 13.1 Å². The lowest BCUT2D eigenvalue weighted by molar-refractivity contribution is -0.136. The average Bonchev–Trinajstić information content (AvgIpc) is 3.10. The second-order valence-electron chi connectivity index (χ2n) is 8.54. The second-order valence-corrected chi connectivity index (χ2v) is 8.54. The molecule has 2 atom stereocenters. The minimum Gasteiger partial charge on any atom is -0.322 e. The summed E-state index contributed by atoms with van der Waals surface area (Å²) in [5, 5.41) is 9.61. The van der Waals surface area contributed by atoms with Gasteiger partial charge in [-0.1, -0.05) is 12.1 Å². The first-order valence-corrected chi connectivity index (χ1v) is 10.3. The molecule has 1 aliphatic carbocycles. The van der Waals surface area contributed by atoms with Gasteiger partial charge in [0, 0.05) is 30.6 Å². The van der Waals surface area contributed by atoms with E-state index in [2.05, 4.69) is 22.0 Å². The van der Waals surface area contributed by atoms with Crippen LogP contribution in [0.25, 0.3) is 0 Å². The molecule has 1 saturated carbocycles. The van der Waals surface area contributed by atoms with E-state index in [1.54, 1.807) is 4.90 Å². The third-order valence-electron chi connectivity index (χ3n) is 6.94. The summed E-state index contributed by atoms with van der Waals surface area (Å²) in [5.41, 5.74) is 3.09. The molecule has 7 nitrogen and oxygen atoms in total. The van der Waals surface area contributed by atoms with Crippen molar-refractivity contribution in [1.82, 2.24) is 20.9 Å². The van der Waals surface area contributed by atoms with Crippen LogP contribution >= 0.6 is 0 Å². The molecule has 0 aromatic heterocycles. The Balaban J connectivity index is 1.32. The Kier molecular flexibility index (Phi) is 4.25. The Hall–Kier alpha value is -2.25. The molecule has 3 heterocycles. The molecule has 0 bridgehead atoms. The number of amides is 3. The molecule has 7 heteroatoms. The fourth-order valence-electron chi connectivity index (χ4n) is 5.08. The van der Waals surface area contributed by atoms with Crippen LogP contribution in [0.4, 0.5) is 0 Å². The molecule has 0 spiro atoms. The zero-order chi connectivity index (χ0) is 19.3. The van der Waals surface area contributed by atoms with E-state index in [-0.39, 0.29) is 29.7 Å². The summed E-state index contributed by atoms with van der Waals surface area (Å²) < 4.78 is 0. The van der Waals surface area contributed by atoms with E-state index in [4.69, 9.17) is 0 Å². The first kappa shape index (κ1) is 17.8. The van der Waals surface area contributed by atoms with Crippen LogP contribution in [0.3, 0.4) is 0 Å². The van der Waals surface area contributed by atoms with Crippen LogP contribution in [0.15, 0.2) is 18.2 Å². The number of piperidine rings is 1. The van der Waals surface area contributed by atoms with Crippen LogP contribution in [0.1, 0.15) is 53.6 Å². The maximum absolute atomic E-state index is 12.9. The summed E-state index contributed by atoms with van der Waals surface area (Å²) in [5.74, 6) is -0.0347. The van der Waals surface area contributed by atoms with Crippen molar-refractivity contribution < 1.29 is 14.4 Å². The van der Waals surface area contributed by atoms with Crippen LogP contribution in [0.2, 0.25) is 0 Å². The number of nitrogens with one attached hydrogen (secondary N) is 3. The lowest BCUT2D eigenvalue weighted by Gasteiger charge is -2.29. The second kappa shape index (κ2) is 6.67. The van der Waals surface area contributed by atoms with Gasteiger partial charge in [-0.25, -0.2) is 0 Å². The molecule has 28 heavy (non-hydrogen) atoms. The molecule has 2 unspecified atom stereocenters. The predicted octanol–water partition coefficient (Wildman–Crippen LogP) is 0.679. The zero-order valence-corrected chi connectivity index (χ0v) is 15.9. The largest absolute Gasteiger partial charge is 0.322 e. The minimum atomic E-state index is -0.558. The fraction of sp³-hybridized carbons (Fsp3) is 0.571. The normalized spacial score (nSPS) is 28.4. The van der Waals surface area contributed by atoms with Crippen LogP contribution in [-0.4, -0.2) is 47.3 Å². The molecule has 148 valence electrons. The Bertz CT molecular complexity index is 842. The molecule has 2 saturated heterocycles. The number of nitrogens with zero attached hydrogens (tertiary/aromatic N) is 1. The zero-order valence-electron chi connectivity index (χ0n) is 15.9. The Labute approximate surface area is 164 Å². The van der Waals surface area contributed by atoms with E-state index >= 15 is 0 Å². The highest BCUT2D eigenvalue weighted by Gasteiger charge is 2.49. The van der Waals surface area contributed by atoms with Gasteiger partial charge in [0.2, 0.25) is 11.8 Å². The monoisotopic (exact) mass is 382 g/mol. The molecule has 3 amide bonds. The number of carbonyl (C=O) groups excluding carboxylic acids is 3. The van der Waals surface area contributed by atoms with Gasteiger partial charge < -0.3 is 15.5 Å². The quantitative estimate of drug-likeness (QED) is 0.652. The molecule has 3 fully saturated rings.